The highest BCUT2D eigenvalue weighted by molar-refractivity contribution is 6.05. The van der Waals surface area contributed by atoms with E-state index >= 15 is 0 Å². The molecule has 3 aromatic carbocycles. The zero-order valence-corrected chi connectivity index (χ0v) is 18.4. The van der Waals surface area contributed by atoms with Crippen molar-refractivity contribution >= 4 is 23.3 Å². The van der Waals surface area contributed by atoms with Gasteiger partial charge >= 0.3 is 12.4 Å². The van der Waals surface area contributed by atoms with E-state index in [0.29, 0.717) is 36.4 Å². The predicted molar refractivity (Wildman–Crippen MR) is 122 cm³/mol. The first-order valence-corrected chi connectivity index (χ1v) is 10.8. The Kier molecular flexibility index (Phi) is 6.90. The molecule has 3 aromatic rings. The molecule has 182 valence electrons. The molecule has 0 aliphatic carbocycles. The predicted octanol–water partition coefficient (Wildman–Crippen LogP) is 5.81. The highest BCUT2D eigenvalue weighted by atomic mass is 19.4. The van der Waals surface area contributed by atoms with Crippen LogP contribution in [0.2, 0.25) is 0 Å². The maximum Gasteiger partial charge on any atom is 0.573 e. The van der Waals surface area contributed by atoms with Gasteiger partial charge in [0, 0.05) is 31.0 Å². The molecule has 0 bridgehead atoms. The number of carbonyl (C=O) groups excluding carboxylic acids is 2. The minimum absolute atomic E-state index is 0.102. The summed E-state index contributed by atoms with van der Waals surface area (Å²) in [5, 5.41) is 2.63. The lowest BCUT2D eigenvalue weighted by Crippen LogP contribution is -2.49. The molecule has 3 amide bonds. The number of anilines is 2. The lowest BCUT2D eigenvalue weighted by Gasteiger charge is -2.36. The second-order valence-electron chi connectivity index (χ2n) is 7.89. The zero-order chi connectivity index (χ0) is 25.0. The van der Waals surface area contributed by atoms with Crippen molar-refractivity contribution in [1.82, 2.24) is 4.90 Å². The number of nitrogens with one attached hydrogen (secondary N) is 1. The number of carbonyl (C=O) groups is 2. The van der Waals surface area contributed by atoms with E-state index in [-0.39, 0.29) is 23.9 Å². The van der Waals surface area contributed by atoms with E-state index in [1.54, 1.807) is 36.4 Å². The van der Waals surface area contributed by atoms with Crippen LogP contribution in [0, 0.1) is 5.82 Å². The molecular formula is C25H21F4N3O3. The quantitative estimate of drug-likeness (QED) is 0.447. The maximum absolute atomic E-state index is 13.9. The summed E-state index contributed by atoms with van der Waals surface area (Å²) in [5.41, 5.74) is 1.31. The number of ether oxygens (including phenoxy) is 1. The van der Waals surface area contributed by atoms with Crippen molar-refractivity contribution in [2.75, 3.05) is 23.3 Å². The number of nitrogens with zero attached hydrogens (tertiary/aromatic N) is 2. The number of rotatable bonds is 6. The molecule has 0 aromatic heterocycles. The number of urea groups is 1. The average molecular weight is 487 g/mol. The average Bonchev–Trinajstić information content (AvgIpc) is 2.80. The molecule has 0 unspecified atom stereocenters. The fourth-order valence-electron chi connectivity index (χ4n) is 3.82. The Morgan fingerprint density at radius 2 is 1.74 bits per heavy atom. The van der Waals surface area contributed by atoms with Crippen LogP contribution < -0.4 is 15.0 Å². The summed E-state index contributed by atoms with van der Waals surface area (Å²) in [6.07, 6.45) is -4.17. The SMILES string of the molecule is O=C(Nc1cccc(N2CCCN(Cc3cccc(OC(F)(F)F)c3)C2=O)c1)c1ccccc1F. The number of hydrogen-bond donors (Lipinski definition) is 1. The van der Waals surface area contributed by atoms with Crippen molar-refractivity contribution in [2.24, 2.45) is 0 Å². The fourth-order valence-corrected chi connectivity index (χ4v) is 3.82. The molecule has 0 atom stereocenters. The van der Waals surface area contributed by atoms with Crippen LogP contribution >= 0.6 is 0 Å². The molecule has 4 rings (SSSR count). The number of amides is 3. The Morgan fingerprint density at radius 1 is 0.971 bits per heavy atom. The van der Waals surface area contributed by atoms with E-state index in [9.17, 15) is 27.2 Å². The molecule has 1 saturated heterocycles. The summed E-state index contributed by atoms with van der Waals surface area (Å²) in [6.45, 7) is 0.967. The Balaban J connectivity index is 1.46. The van der Waals surface area contributed by atoms with E-state index < -0.39 is 18.1 Å². The molecule has 10 heteroatoms. The Hall–Kier alpha value is -4.08. The third-order valence-corrected chi connectivity index (χ3v) is 5.35. The van der Waals surface area contributed by atoms with Gasteiger partial charge in [0.05, 0.1) is 5.56 Å². The van der Waals surface area contributed by atoms with Gasteiger partial charge in [-0.2, -0.15) is 0 Å². The largest absolute Gasteiger partial charge is 0.573 e. The normalized spacial score (nSPS) is 14.1. The van der Waals surface area contributed by atoms with Crippen molar-refractivity contribution in [2.45, 2.75) is 19.3 Å². The van der Waals surface area contributed by atoms with Crippen LogP contribution in [-0.4, -0.2) is 36.3 Å². The highest BCUT2D eigenvalue weighted by Gasteiger charge is 2.31. The summed E-state index contributed by atoms with van der Waals surface area (Å²) >= 11 is 0. The number of halogens is 4. The van der Waals surface area contributed by atoms with Crippen molar-refractivity contribution in [1.29, 1.82) is 0 Å². The van der Waals surface area contributed by atoms with Gasteiger partial charge in [0.1, 0.15) is 11.6 Å². The third-order valence-electron chi connectivity index (χ3n) is 5.35. The first kappa shape index (κ1) is 24.1. The summed E-state index contributed by atoms with van der Waals surface area (Å²) in [6, 6.07) is 17.4. The maximum atomic E-state index is 13.9. The lowest BCUT2D eigenvalue weighted by atomic mass is 10.1. The van der Waals surface area contributed by atoms with Crippen molar-refractivity contribution in [3.8, 4) is 5.75 Å². The Bertz CT molecular complexity index is 1230. The van der Waals surface area contributed by atoms with E-state index in [1.165, 1.54) is 46.2 Å². The molecule has 1 aliphatic rings. The van der Waals surface area contributed by atoms with Crippen LogP contribution in [-0.2, 0) is 6.54 Å². The van der Waals surface area contributed by atoms with Crippen molar-refractivity contribution in [3.63, 3.8) is 0 Å². The summed E-state index contributed by atoms with van der Waals surface area (Å²) in [4.78, 5) is 28.6. The molecule has 1 N–H and O–H groups in total. The van der Waals surface area contributed by atoms with Crippen LogP contribution in [0.1, 0.15) is 22.3 Å². The molecule has 1 heterocycles. The van der Waals surface area contributed by atoms with Gasteiger partial charge in [0.2, 0.25) is 0 Å². The van der Waals surface area contributed by atoms with E-state index in [4.69, 9.17) is 0 Å². The lowest BCUT2D eigenvalue weighted by molar-refractivity contribution is -0.274. The van der Waals surface area contributed by atoms with Gasteiger partial charge in [-0.05, 0) is 54.4 Å². The van der Waals surface area contributed by atoms with Gasteiger partial charge in [-0.1, -0.05) is 30.3 Å². The van der Waals surface area contributed by atoms with E-state index in [1.807, 2.05) is 0 Å². The molecule has 0 saturated carbocycles. The summed E-state index contributed by atoms with van der Waals surface area (Å²) < 4.78 is 55.4. The van der Waals surface area contributed by atoms with Gasteiger partial charge in [-0.3, -0.25) is 9.69 Å². The van der Waals surface area contributed by atoms with Gasteiger partial charge in [0.25, 0.3) is 5.91 Å². The van der Waals surface area contributed by atoms with Crippen LogP contribution in [0.4, 0.5) is 33.7 Å². The number of hydrogen-bond acceptors (Lipinski definition) is 3. The minimum atomic E-state index is -4.80. The van der Waals surface area contributed by atoms with E-state index in [0.717, 1.165) is 0 Å². The van der Waals surface area contributed by atoms with Crippen LogP contribution in [0.25, 0.3) is 0 Å². The monoisotopic (exact) mass is 487 g/mol. The molecule has 1 fully saturated rings. The summed E-state index contributed by atoms with van der Waals surface area (Å²) in [5.74, 6) is -1.62. The second kappa shape index (κ2) is 10.0. The number of alkyl halides is 3. The first-order valence-electron chi connectivity index (χ1n) is 10.8. The summed E-state index contributed by atoms with van der Waals surface area (Å²) in [7, 11) is 0. The molecule has 1 aliphatic heterocycles. The first-order chi connectivity index (χ1) is 16.7. The third kappa shape index (κ3) is 6.08. The molecular weight excluding hydrogens is 466 g/mol. The van der Waals surface area contributed by atoms with Crippen LogP contribution in [0.3, 0.4) is 0 Å². The van der Waals surface area contributed by atoms with Crippen molar-refractivity contribution in [3.05, 3.63) is 89.7 Å². The molecule has 0 radical (unpaired) electrons. The number of benzene rings is 3. The molecule has 0 spiro atoms. The van der Waals surface area contributed by atoms with Crippen LogP contribution in [0.5, 0.6) is 5.75 Å². The van der Waals surface area contributed by atoms with Crippen molar-refractivity contribution < 1.29 is 31.9 Å². The fraction of sp³-hybridized carbons (Fsp3) is 0.200. The minimum Gasteiger partial charge on any atom is -0.406 e. The van der Waals surface area contributed by atoms with E-state index in [2.05, 4.69) is 10.1 Å². The van der Waals surface area contributed by atoms with Gasteiger partial charge < -0.3 is 15.0 Å². The second-order valence-corrected chi connectivity index (χ2v) is 7.89. The van der Waals surface area contributed by atoms with Gasteiger partial charge in [0.15, 0.2) is 0 Å². The molecule has 35 heavy (non-hydrogen) atoms. The standard InChI is InChI=1S/C25H21F4N3O3/c26-22-11-2-1-10-21(22)23(33)30-18-7-4-8-19(15-18)32-13-5-12-31(24(32)34)16-17-6-3-9-20(14-17)35-25(27,28)29/h1-4,6-11,14-15H,5,12-13,16H2,(H,30,33). The van der Waals surface area contributed by atoms with Crippen LogP contribution in [0.15, 0.2) is 72.8 Å². The highest BCUT2D eigenvalue weighted by Crippen LogP contribution is 2.27. The Labute approximate surface area is 198 Å². The molecule has 6 nitrogen and oxygen atoms in total. The smallest absolute Gasteiger partial charge is 0.406 e. The zero-order valence-electron chi connectivity index (χ0n) is 18.4. The van der Waals surface area contributed by atoms with Gasteiger partial charge in [-0.25, -0.2) is 9.18 Å². The van der Waals surface area contributed by atoms with Gasteiger partial charge in [-0.15, -0.1) is 13.2 Å². The topological polar surface area (TPSA) is 61.9 Å². The Morgan fingerprint density at radius 3 is 2.51 bits per heavy atom.